The summed E-state index contributed by atoms with van der Waals surface area (Å²) in [6.07, 6.45) is 0.893. The van der Waals surface area contributed by atoms with Crippen LogP contribution in [0, 0.1) is 20.8 Å². The van der Waals surface area contributed by atoms with Crippen LogP contribution < -0.4 is 14.8 Å². The number of hydrogen-bond acceptors (Lipinski definition) is 3. The Labute approximate surface area is 156 Å². The molecule has 2 aromatic carbocycles. The molecule has 0 spiro atoms. The van der Waals surface area contributed by atoms with Gasteiger partial charge >= 0.3 is 0 Å². The van der Waals surface area contributed by atoms with Gasteiger partial charge in [-0.1, -0.05) is 13.0 Å². The summed E-state index contributed by atoms with van der Waals surface area (Å²) in [5, 5.41) is 2.99. The van der Waals surface area contributed by atoms with Crippen LogP contribution in [0.5, 0.6) is 11.5 Å². The van der Waals surface area contributed by atoms with Gasteiger partial charge in [-0.2, -0.15) is 0 Å². The minimum atomic E-state index is -0.0779. The molecule has 0 fully saturated rings. The summed E-state index contributed by atoms with van der Waals surface area (Å²) in [6, 6.07) is 9.76. The lowest BCUT2D eigenvalue weighted by Crippen LogP contribution is -2.31. The number of amides is 1. The fraction of sp³-hybridized carbons (Fsp3) is 0.409. The van der Waals surface area contributed by atoms with Crippen molar-refractivity contribution in [3.8, 4) is 11.5 Å². The van der Waals surface area contributed by atoms with Crippen LogP contribution in [0.15, 0.2) is 30.3 Å². The van der Waals surface area contributed by atoms with E-state index < -0.39 is 0 Å². The minimum Gasteiger partial charge on any atom is -0.496 e. The lowest BCUT2D eigenvalue weighted by atomic mass is 10.1. The molecule has 0 aliphatic rings. The Balaban J connectivity index is 2.22. The fourth-order valence-corrected chi connectivity index (χ4v) is 2.75. The summed E-state index contributed by atoms with van der Waals surface area (Å²) in [6.45, 7) is 10.6. The third-order valence-electron chi connectivity index (χ3n) is 4.68. The monoisotopic (exact) mass is 355 g/mol. The molecular formula is C22H29NO3. The Morgan fingerprint density at radius 3 is 2.50 bits per heavy atom. The summed E-state index contributed by atoms with van der Waals surface area (Å²) in [4.78, 5) is 12.4. The van der Waals surface area contributed by atoms with Gasteiger partial charge in [0.1, 0.15) is 18.1 Å². The average molecular weight is 355 g/mol. The van der Waals surface area contributed by atoms with E-state index >= 15 is 0 Å². The van der Waals surface area contributed by atoms with Crippen molar-refractivity contribution < 1.29 is 14.3 Å². The van der Waals surface area contributed by atoms with Crippen molar-refractivity contribution in [1.82, 2.24) is 5.32 Å². The van der Waals surface area contributed by atoms with Crippen molar-refractivity contribution in [2.24, 2.45) is 0 Å². The number of hydrogen-bond donors (Lipinski definition) is 1. The zero-order valence-electron chi connectivity index (χ0n) is 16.6. The number of carbonyl (C=O) groups is 1. The maximum atomic E-state index is 12.4. The second-order valence-corrected chi connectivity index (χ2v) is 6.80. The molecule has 1 amide bonds. The molecule has 26 heavy (non-hydrogen) atoms. The molecule has 4 heteroatoms. The highest BCUT2D eigenvalue weighted by Crippen LogP contribution is 2.26. The maximum Gasteiger partial charge on any atom is 0.251 e. The zero-order valence-corrected chi connectivity index (χ0v) is 16.6. The Morgan fingerprint density at radius 2 is 1.85 bits per heavy atom. The van der Waals surface area contributed by atoms with Gasteiger partial charge < -0.3 is 14.8 Å². The molecule has 0 heterocycles. The molecule has 1 atom stereocenters. The van der Waals surface area contributed by atoms with E-state index in [1.165, 1.54) is 5.56 Å². The molecule has 0 bridgehead atoms. The largest absolute Gasteiger partial charge is 0.496 e. The molecule has 2 rings (SSSR count). The molecular weight excluding hydrogens is 326 g/mol. The molecule has 4 nitrogen and oxygen atoms in total. The van der Waals surface area contributed by atoms with Crippen molar-refractivity contribution in [3.63, 3.8) is 0 Å². The van der Waals surface area contributed by atoms with Crippen LogP contribution in [0.1, 0.15) is 52.9 Å². The highest BCUT2D eigenvalue weighted by molar-refractivity contribution is 5.94. The number of benzene rings is 2. The topological polar surface area (TPSA) is 47.6 Å². The quantitative estimate of drug-likeness (QED) is 0.781. The van der Waals surface area contributed by atoms with Crippen LogP contribution >= 0.6 is 0 Å². The number of aryl methyl sites for hydroxylation is 2. The molecule has 0 unspecified atom stereocenters. The van der Waals surface area contributed by atoms with Crippen molar-refractivity contribution in [3.05, 3.63) is 58.1 Å². The van der Waals surface area contributed by atoms with Gasteiger partial charge in [-0.15, -0.1) is 0 Å². The van der Waals surface area contributed by atoms with Gasteiger partial charge in [0.15, 0.2) is 0 Å². The second-order valence-electron chi connectivity index (χ2n) is 6.80. The first-order valence-electron chi connectivity index (χ1n) is 9.04. The molecule has 0 saturated carbocycles. The molecule has 1 N–H and O–H groups in total. The normalized spacial score (nSPS) is 11.8. The van der Waals surface area contributed by atoms with E-state index in [1.807, 2.05) is 32.0 Å². The highest BCUT2D eigenvalue weighted by atomic mass is 16.5. The number of ether oxygens (including phenoxy) is 2. The van der Waals surface area contributed by atoms with Crippen LogP contribution in [-0.4, -0.2) is 19.1 Å². The van der Waals surface area contributed by atoms with Gasteiger partial charge in [0.05, 0.1) is 7.11 Å². The van der Waals surface area contributed by atoms with Gasteiger partial charge in [0, 0.05) is 17.2 Å². The van der Waals surface area contributed by atoms with Crippen molar-refractivity contribution in [2.75, 3.05) is 7.11 Å². The SMILES string of the molecule is CC[C@@H](C)NC(=O)c1ccc(OC)c(COc2cc(C)cc(C)c2C)c1. The average Bonchev–Trinajstić information content (AvgIpc) is 2.62. The molecule has 0 aromatic heterocycles. The van der Waals surface area contributed by atoms with E-state index in [9.17, 15) is 4.79 Å². The number of methoxy groups -OCH3 is 1. The third-order valence-corrected chi connectivity index (χ3v) is 4.68. The van der Waals surface area contributed by atoms with Crippen molar-refractivity contribution >= 4 is 5.91 Å². The zero-order chi connectivity index (χ0) is 19.3. The summed E-state index contributed by atoms with van der Waals surface area (Å²) >= 11 is 0. The van der Waals surface area contributed by atoms with Crippen LogP contribution in [0.25, 0.3) is 0 Å². The Hall–Kier alpha value is -2.49. The van der Waals surface area contributed by atoms with Crippen molar-refractivity contribution in [2.45, 2.75) is 53.7 Å². The molecule has 0 radical (unpaired) electrons. The van der Waals surface area contributed by atoms with E-state index in [0.29, 0.717) is 17.9 Å². The van der Waals surface area contributed by atoms with Gasteiger partial charge in [-0.25, -0.2) is 0 Å². The maximum absolute atomic E-state index is 12.4. The van der Waals surface area contributed by atoms with E-state index in [-0.39, 0.29) is 11.9 Å². The van der Waals surface area contributed by atoms with Crippen LogP contribution in [-0.2, 0) is 6.61 Å². The van der Waals surface area contributed by atoms with Crippen LogP contribution in [0.3, 0.4) is 0 Å². The number of nitrogens with one attached hydrogen (secondary N) is 1. The molecule has 140 valence electrons. The molecule has 0 aliphatic carbocycles. The first-order chi connectivity index (χ1) is 12.3. The third kappa shape index (κ3) is 4.78. The predicted octanol–water partition coefficient (Wildman–Crippen LogP) is 4.73. The van der Waals surface area contributed by atoms with E-state index in [4.69, 9.17) is 9.47 Å². The summed E-state index contributed by atoms with van der Waals surface area (Å²) in [5.74, 6) is 1.50. The smallest absolute Gasteiger partial charge is 0.251 e. The minimum absolute atomic E-state index is 0.0779. The Kier molecular flexibility index (Phi) is 6.67. The Bertz CT molecular complexity index is 783. The summed E-state index contributed by atoms with van der Waals surface area (Å²) < 4.78 is 11.5. The van der Waals surface area contributed by atoms with Crippen molar-refractivity contribution in [1.29, 1.82) is 0 Å². The van der Waals surface area contributed by atoms with E-state index in [0.717, 1.165) is 28.9 Å². The summed E-state index contributed by atoms with van der Waals surface area (Å²) in [7, 11) is 1.62. The first kappa shape index (κ1) is 19.8. The predicted molar refractivity (Wildman–Crippen MR) is 105 cm³/mol. The van der Waals surface area contributed by atoms with Gasteiger partial charge in [0.2, 0.25) is 0 Å². The Morgan fingerprint density at radius 1 is 1.12 bits per heavy atom. The van der Waals surface area contributed by atoms with Gasteiger partial charge in [-0.05, 0) is 75.1 Å². The van der Waals surface area contributed by atoms with Gasteiger partial charge in [0.25, 0.3) is 5.91 Å². The molecule has 0 aliphatic heterocycles. The van der Waals surface area contributed by atoms with Gasteiger partial charge in [-0.3, -0.25) is 4.79 Å². The van der Waals surface area contributed by atoms with Crippen LogP contribution in [0.4, 0.5) is 0 Å². The lowest BCUT2D eigenvalue weighted by Gasteiger charge is -2.16. The first-order valence-corrected chi connectivity index (χ1v) is 9.04. The number of carbonyl (C=O) groups excluding carboxylic acids is 1. The standard InChI is InChI=1S/C22H29NO3/c1-7-16(4)23-22(24)18-8-9-20(25-6)19(12-18)13-26-21-11-14(2)10-15(3)17(21)5/h8-12,16H,7,13H2,1-6H3,(H,23,24)/t16-/m1/s1. The highest BCUT2D eigenvalue weighted by Gasteiger charge is 2.13. The van der Waals surface area contributed by atoms with Crippen LogP contribution in [0.2, 0.25) is 0 Å². The van der Waals surface area contributed by atoms with E-state index in [1.54, 1.807) is 13.2 Å². The number of rotatable bonds is 7. The second kappa shape index (κ2) is 8.75. The lowest BCUT2D eigenvalue weighted by molar-refractivity contribution is 0.0939. The van der Waals surface area contributed by atoms with E-state index in [2.05, 4.69) is 32.2 Å². The molecule has 0 saturated heterocycles. The molecule has 2 aromatic rings. The summed E-state index contributed by atoms with van der Waals surface area (Å²) in [5.41, 5.74) is 4.95. The fourth-order valence-electron chi connectivity index (χ4n) is 2.75.